The van der Waals surface area contributed by atoms with Gasteiger partial charge in [-0.05, 0) is 6.92 Å². The van der Waals surface area contributed by atoms with Crippen LogP contribution in [-0.4, -0.2) is 22.4 Å². The van der Waals surface area contributed by atoms with E-state index in [4.69, 9.17) is 20.4 Å². The van der Waals surface area contributed by atoms with Crippen LogP contribution in [0.5, 0.6) is 11.5 Å². The highest BCUT2D eigenvalue weighted by molar-refractivity contribution is 7.16. The number of amides is 1. The van der Waals surface area contributed by atoms with Gasteiger partial charge in [0.25, 0.3) is 0 Å². The number of rotatable bonds is 2. The van der Waals surface area contributed by atoms with Crippen molar-refractivity contribution in [1.82, 2.24) is 9.72 Å². The second-order valence-corrected chi connectivity index (χ2v) is 6.11. The number of fused-ring (bicyclic) bond motifs is 2. The summed E-state index contributed by atoms with van der Waals surface area (Å²) in [7, 11) is 0. The summed E-state index contributed by atoms with van der Waals surface area (Å²) < 4.78 is 18.4. The van der Waals surface area contributed by atoms with Crippen molar-refractivity contribution in [2.24, 2.45) is 4.99 Å². The number of benzene rings is 1. The fourth-order valence-electron chi connectivity index (χ4n) is 2.40. The third-order valence-electron chi connectivity index (χ3n) is 3.46. The predicted molar refractivity (Wildman–Crippen MR) is 85.9 cm³/mol. The first-order valence-electron chi connectivity index (χ1n) is 7.04. The zero-order valence-corrected chi connectivity index (χ0v) is 13.4. The van der Waals surface area contributed by atoms with Crippen molar-refractivity contribution in [1.29, 1.82) is 0 Å². The lowest BCUT2D eigenvalue weighted by Gasteiger charge is -2.01. The van der Waals surface area contributed by atoms with Gasteiger partial charge in [0.2, 0.25) is 12.6 Å². The summed E-state index contributed by atoms with van der Waals surface area (Å²) in [5, 5.41) is 3.70. The maximum absolute atomic E-state index is 12.3. The van der Waals surface area contributed by atoms with Gasteiger partial charge in [0.1, 0.15) is 0 Å². The van der Waals surface area contributed by atoms with Gasteiger partial charge in [-0.1, -0.05) is 22.4 Å². The number of ether oxygens (including phenoxy) is 2. The Balaban J connectivity index is 1.88. The van der Waals surface area contributed by atoms with Crippen molar-refractivity contribution in [3.8, 4) is 23.8 Å². The minimum Gasteiger partial charge on any atom is -0.454 e. The molecule has 2 aromatic heterocycles. The molecule has 0 radical (unpaired) electrons. The summed E-state index contributed by atoms with van der Waals surface area (Å²) in [4.78, 5) is 16.9. The summed E-state index contributed by atoms with van der Waals surface area (Å²) >= 11 is 1.34. The molecule has 0 fully saturated rings. The summed E-state index contributed by atoms with van der Waals surface area (Å²) in [6.45, 7) is 2.21. The molecule has 24 heavy (non-hydrogen) atoms. The van der Waals surface area contributed by atoms with Gasteiger partial charge in [-0.25, -0.2) is 0 Å². The normalized spacial score (nSPS) is 13.4. The van der Waals surface area contributed by atoms with Crippen molar-refractivity contribution in [2.45, 2.75) is 13.5 Å². The zero-order chi connectivity index (χ0) is 16.7. The highest BCUT2D eigenvalue weighted by Crippen LogP contribution is 2.36. The molecule has 8 heteroatoms. The van der Waals surface area contributed by atoms with Crippen molar-refractivity contribution < 1.29 is 18.8 Å². The molecule has 0 unspecified atom stereocenters. The van der Waals surface area contributed by atoms with Gasteiger partial charge in [-0.15, -0.1) is 6.42 Å². The number of carbonyl (C=O) groups is 1. The highest BCUT2D eigenvalue weighted by atomic mass is 32.1. The van der Waals surface area contributed by atoms with Gasteiger partial charge < -0.3 is 18.6 Å². The van der Waals surface area contributed by atoms with Gasteiger partial charge in [0.15, 0.2) is 16.3 Å². The highest BCUT2D eigenvalue weighted by Gasteiger charge is 2.18. The van der Waals surface area contributed by atoms with Crippen molar-refractivity contribution in [2.75, 3.05) is 6.79 Å². The predicted octanol–water partition coefficient (Wildman–Crippen LogP) is 2.10. The Morgan fingerprint density at radius 3 is 2.92 bits per heavy atom. The number of hydrogen-bond acceptors (Lipinski definition) is 6. The largest absolute Gasteiger partial charge is 0.454 e. The van der Waals surface area contributed by atoms with Crippen LogP contribution >= 0.6 is 11.3 Å². The molecule has 120 valence electrons. The van der Waals surface area contributed by atoms with E-state index in [0.29, 0.717) is 22.0 Å². The van der Waals surface area contributed by atoms with Crippen LogP contribution in [0.1, 0.15) is 16.2 Å². The minimum atomic E-state index is -0.507. The molecule has 0 saturated heterocycles. The van der Waals surface area contributed by atoms with Crippen LogP contribution in [0.3, 0.4) is 0 Å². The van der Waals surface area contributed by atoms with E-state index in [1.165, 1.54) is 11.3 Å². The summed E-state index contributed by atoms with van der Waals surface area (Å²) in [5.41, 5.74) is 1.45. The van der Waals surface area contributed by atoms with Crippen LogP contribution < -0.4 is 14.3 Å². The van der Waals surface area contributed by atoms with Crippen molar-refractivity contribution in [3.63, 3.8) is 0 Å². The van der Waals surface area contributed by atoms with Crippen LogP contribution in [0.25, 0.3) is 10.2 Å². The average Bonchev–Trinajstić information content (AvgIpc) is 3.25. The Morgan fingerprint density at radius 2 is 2.21 bits per heavy atom. The summed E-state index contributed by atoms with van der Waals surface area (Å²) in [5.74, 6) is 3.48. The molecule has 1 aromatic carbocycles. The van der Waals surface area contributed by atoms with Crippen molar-refractivity contribution in [3.05, 3.63) is 34.5 Å². The van der Waals surface area contributed by atoms with Gasteiger partial charge >= 0.3 is 5.91 Å². The molecule has 1 aliphatic rings. The molecule has 0 spiro atoms. The molecular formula is C16H11N3O4S. The topological polar surface area (TPSA) is 78.9 Å². The number of thiazole rings is 1. The molecule has 0 aliphatic carbocycles. The third kappa shape index (κ3) is 2.35. The van der Waals surface area contributed by atoms with E-state index in [9.17, 15) is 4.79 Å². The van der Waals surface area contributed by atoms with Crippen LogP contribution in [0.15, 0.2) is 27.7 Å². The van der Waals surface area contributed by atoms with E-state index in [1.807, 2.05) is 12.1 Å². The Kier molecular flexibility index (Phi) is 3.36. The molecule has 0 atom stereocenters. The fraction of sp³-hybridized carbons (Fsp3) is 0.188. The average molecular weight is 341 g/mol. The molecule has 0 N–H and O–H groups in total. The minimum absolute atomic E-state index is 0.0892. The molecule has 4 rings (SSSR count). The second-order valence-electron chi connectivity index (χ2n) is 5.10. The number of terminal acetylenes is 1. The monoisotopic (exact) mass is 341 g/mol. The quantitative estimate of drug-likeness (QED) is 0.667. The van der Waals surface area contributed by atoms with Crippen LogP contribution in [0, 0.1) is 19.3 Å². The standard InChI is InChI=1S/C16H11N3O4S/c1-3-4-19-10-6-11-12(22-8-21-11)7-14(10)24-16(19)17-15(20)13-5-9(2)18-23-13/h1,5-7H,4,8H2,2H3. The summed E-state index contributed by atoms with van der Waals surface area (Å²) in [6, 6.07) is 5.24. The maximum Gasteiger partial charge on any atom is 0.318 e. The van der Waals surface area contributed by atoms with Gasteiger partial charge in [-0.2, -0.15) is 4.99 Å². The molecule has 3 aromatic rings. The Labute approximate surface area is 140 Å². The smallest absolute Gasteiger partial charge is 0.318 e. The lowest BCUT2D eigenvalue weighted by Crippen LogP contribution is -2.16. The first-order valence-corrected chi connectivity index (χ1v) is 7.86. The van der Waals surface area contributed by atoms with E-state index in [1.54, 1.807) is 17.6 Å². The lowest BCUT2D eigenvalue weighted by molar-refractivity contribution is 0.0962. The number of aromatic nitrogens is 2. The number of hydrogen-bond donors (Lipinski definition) is 0. The zero-order valence-electron chi connectivity index (χ0n) is 12.6. The van der Waals surface area contributed by atoms with Gasteiger partial charge in [-0.3, -0.25) is 4.79 Å². The van der Waals surface area contributed by atoms with E-state index < -0.39 is 5.91 Å². The SMILES string of the molecule is C#CCn1c(=NC(=O)c2cc(C)no2)sc2cc3c(cc21)OCO3. The number of carbonyl (C=O) groups excluding carboxylic acids is 1. The van der Waals surface area contributed by atoms with E-state index in [0.717, 1.165) is 10.2 Å². The van der Waals surface area contributed by atoms with E-state index in [-0.39, 0.29) is 19.1 Å². The number of aryl methyl sites for hydroxylation is 1. The van der Waals surface area contributed by atoms with Gasteiger partial charge in [0, 0.05) is 18.2 Å². The first kappa shape index (κ1) is 14.5. The van der Waals surface area contributed by atoms with Gasteiger partial charge in [0.05, 0.1) is 22.5 Å². The third-order valence-corrected chi connectivity index (χ3v) is 4.50. The Hall–Kier alpha value is -3.05. The van der Waals surface area contributed by atoms with Crippen molar-refractivity contribution >= 4 is 27.5 Å². The van der Waals surface area contributed by atoms with E-state index >= 15 is 0 Å². The maximum atomic E-state index is 12.3. The molecule has 1 aliphatic heterocycles. The first-order chi connectivity index (χ1) is 11.7. The molecule has 0 saturated carbocycles. The molecular weight excluding hydrogens is 330 g/mol. The Morgan fingerprint density at radius 1 is 1.42 bits per heavy atom. The second kappa shape index (κ2) is 5.54. The Bertz CT molecular complexity index is 1070. The van der Waals surface area contributed by atoms with Crippen LogP contribution in [0.2, 0.25) is 0 Å². The molecule has 1 amide bonds. The lowest BCUT2D eigenvalue weighted by atomic mass is 10.3. The summed E-state index contributed by atoms with van der Waals surface area (Å²) in [6.07, 6.45) is 5.46. The molecule has 7 nitrogen and oxygen atoms in total. The van der Waals surface area contributed by atoms with Crippen LogP contribution in [-0.2, 0) is 6.54 Å². The number of nitrogens with zero attached hydrogens (tertiary/aromatic N) is 3. The molecule has 3 heterocycles. The fourth-order valence-corrected chi connectivity index (χ4v) is 3.43. The van der Waals surface area contributed by atoms with E-state index in [2.05, 4.69) is 16.1 Å². The molecule has 0 bridgehead atoms. The van der Waals surface area contributed by atoms with Crippen LogP contribution in [0.4, 0.5) is 0 Å².